The van der Waals surface area contributed by atoms with Gasteiger partial charge in [0.05, 0.1) is 6.61 Å². The molecule has 10 heteroatoms. The van der Waals surface area contributed by atoms with Crippen molar-refractivity contribution in [2.75, 3.05) is 31.6 Å². The molecule has 1 aromatic rings. The summed E-state index contributed by atoms with van der Waals surface area (Å²) in [5, 5.41) is 5.88. The highest BCUT2D eigenvalue weighted by Crippen LogP contribution is 2.34. The lowest BCUT2D eigenvalue weighted by atomic mass is 10.2. The number of ether oxygens (including phenoxy) is 2. The third kappa shape index (κ3) is 6.82. The highest BCUT2D eigenvalue weighted by atomic mass is 19.4. The number of alkyl halides is 3. The van der Waals surface area contributed by atoms with Gasteiger partial charge in [0, 0.05) is 24.5 Å². The van der Waals surface area contributed by atoms with Crippen molar-refractivity contribution in [2.45, 2.75) is 38.2 Å². The molecule has 0 radical (unpaired) electrons. The summed E-state index contributed by atoms with van der Waals surface area (Å²) >= 11 is 0. The first kappa shape index (κ1) is 21.3. The summed E-state index contributed by atoms with van der Waals surface area (Å²) in [7, 11) is 0. The van der Waals surface area contributed by atoms with Gasteiger partial charge < -0.3 is 30.7 Å². The van der Waals surface area contributed by atoms with Gasteiger partial charge in [-0.05, 0) is 57.5 Å². The first-order chi connectivity index (χ1) is 13.7. The van der Waals surface area contributed by atoms with Crippen molar-refractivity contribution in [1.82, 2.24) is 10.2 Å². The van der Waals surface area contributed by atoms with Crippen molar-refractivity contribution in [3.8, 4) is 11.5 Å². The standard InChI is InChI=1S/C19H26F3N5O2/c1-18(23)7-8-24-17(26-18)25-14-5-6-15(29-19(20,21)22)16(13-14)28-12-4-11-27-9-2-3-10-27/h5-8,13H,2-4,9-12,23H2,1H3,(H2,24,25,26). The number of benzene rings is 1. The Morgan fingerprint density at radius 1 is 1.28 bits per heavy atom. The molecule has 0 bridgehead atoms. The van der Waals surface area contributed by atoms with Crippen molar-refractivity contribution in [1.29, 1.82) is 0 Å². The van der Waals surface area contributed by atoms with Gasteiger partial charge in [0.25, 0.3) is 0 Å². The fourth-order valence-corrected chi connectivity index (χ4v) is 3.18. The minimum absolute atomic E-state index is 0.0104. The molecule has 0 saturated carbocycles. The fraction of sp³-hybridized carbons (Fsp3) is 0.526. The number of nitrogens with two attached hydrogens (primary N) is 1. The zero-order valence-corrected chi connectivity index (χ0v) is 16.3. The lowest BCUT2D eigenvalue weighted by Gasteiger charge is -2.23. The number of guanidine groups is 1. The maximum atomic E-state index is 12.7. The number of anilines is 1. The van der Waals surface area contributed by atoms with Gasteiger partial charge in [-0.2, -0.15) is 0 Å². The van der Waals surface area contributed by atoms with Gasteiger partial charge in [-0.1, -0.05) is 0 Å². The second-order valence-corrected chi connectivity index (χ2v) is 7.25. The van der Waals surface area contributed by atoms with Crippen molar-refractivity contribution in [3.63, 3.8) is 0 Å². The maximum Gasteiger partial charge on any atom is 0.573 e. The number of rotatable bonds is 7. The van der Waals surface area contributed by atoms with E-state index in [-0.39, 0.29) is 18.1 Å². The Bertz CT molecular complexity index is 759. The first-order valence-electron chi connectivity index (χ1n) is 9.55. The lowest BCUT2D eigenvalue weighted by molar-refractivity contribution is -0.275. The van der Waals surface area contributed by atoms with Crippen LogP contribution in [0.25, 0.3) is 0 Å². The molecule has 1 aromatic carbocycles. The summed E-state index contributed by atoms with van der Waals surface area (Å²) in [6.07, 6.45) is 1.62. The van der Waals surface area contributed by atoms with Gasteiger partial charge in [0.2, 0.25) is 5.96 Å². The van der Waals surface area contributed by atoms with Gasteiger partial charge in [0.1, 0.15) is 5.66 Å². The monoisotopic (exact) mass is 413 g/mol. The van der Waals surface area contributed by atoms with Gasteiger partial charge in [-0.15, -0.1) is 13.2 Å². The SMILES string of the molecule is CC1(N)C=CNC(Nc2ccc(OC(F)(F)F)c(OCCCN3CCCC3)c2)=N1. The largest absolute Gasteiger partial charge is 0.573 e. The molecule has 1 fully saturated rings. The molecule has 0 spiro atoms. The smallest absolute Gasteiger partial charge is 0.490 e. The van der Waals surface area contributed by atoms with Gasteiger partial charge in [-0.3, -0.25) is 0 Å². The van der Waals surface area contributed by atoms with E-state index in [9.17, 15) is 13.2 Å². The van der Waals surface area contributed by atoms with Gasteiger partial charge >= 0.3 is 6.36 Å². The fourth-order valence-electron chi connectivity index (χ4n) is 3.18. The topological polar surface area (TPSA) is 84.1 Å². The van der Waals surface area contributed by atoms with Crippen LogP contribution in [0.2, 0.25) is 0 Å². The van der Waals surface area contributed by atoms with E-state index < -0.39 is 12.0 Å². The average molecular weight is 413 g/mol. The number of nitrogens with one attached hydrogen (secondary N) is 2. The highest BCUT2D eigenvalue weighted by Gasteiger charge is 2.32. The Labute approximate surface area is 167 Å². The van der Waals surface area contributed by atoms with Crippen molar-refractivity contribution < 1.29 is 22.6 Å². The molecule has 0 amide bonds. The van der Waals surface area contributed by atoms with E-state index in [4.69, 9.17) is 10.5 Å². The third-order valence-electron chi connectivity index (χ3n) is 4.50. The van der Waals surface area contributed by atoms with Crippen LogP contribution in [-0.2, 0) is 0 Å². The van der Waals surface area contributed by atoms with Crippen LogP contribution in [0.3, 0.4) is 0 Å². The molecule has 0 aromatic heterocycles. The molecule has 1 atom stereocenters. The van der Waals surface area contributed by atoms with E-state index >= 15 is 0 Å². The molecule has 2 heterocycles. The van der Waals surface area contributed by atoms with Crippen LogP contribution >= 0.6 is 0 Å². The van der Waals surface area contributed by atoms with Crippen molar-refractivity contribution in [2.24, 2.45) is 10.7 Å². The summed E-state index contributed by atoms with van der Waals surface area (Å²) < 4.78 is 47.9. The second-order valence-electron chi connectivity index (χ2n) is 7.25. The van der Waals surface area contributed by atoms with E-state index in [0.717, 1.165) is 19.6 Å². The Balaban J connectivity index is 1.66. The zero-order valence-electron chi connectivity index (χ0n) is 16.3. The Morgan fingerprint density at radius 3 is 2.72 bits per heavy atom. The lowest BCUT2D eigenvalue weighted by Crippen LogP contribution is -2.41. The van der Waals surface area contributed by atoms with E-state index in [2.05, 4.69) is 25.3 Å². The number of hydrogen-bond acceptors (Lipinski definition) is 7. The molecule has 3 rings (SSSR count). The van der Waals surface area contributed by atoms with Crippen LogP contribution in [0, 0.1) is 0 Å². The zero-order chi connectivity index (χ0) is 20.9. The molecular weight excluding hydrogens is 387 g/mol. The Morgan fingerprint density at radius 2 is 2.03 bits per heavy atom. The molecule has 7 nitrogen and oxygen atoms in total. The second kappa shape index (κ2) is 8.91. The van der Waals surface area contributed by atoms with E-state index in [1.54, 1.807) is 19.2 Å². The van der Waals surface area contributed by atoms with Gasteiger partial charge in [-0.25, -0.2) is 4.99 Å². The minimum Gasteiger partial charge on any atom is -0.490 e. The van der Waals surface area contributed by atoms with Gasteiger partial charge in [0.15, 0.2) is 11.5 Å². The van der Waals surface area contributed by atoms with E-state index in [0.29, 0.717) is 18.1 Å². The van der Waals surface area contributed by atoms with Crippen LogP contribution in [0.4, 0.5) is 18.9 Å². The minimum atomic E-state index is -4.80. The Kier molecular flexibility index (Phi) is 6.53. The molecule has 4 N–H and O–H groups in total. The van der Waals surface area contributed by atoms with E-state index in [1.165, 1.54) is 31.0 Å². The maximum absolute atomic E-state index is 12.7. The van der Waals surface area contributed by atoms with Crippen molar-refractivity contribution in [3.05, 3.63) is 30.5 Å². The molecule has 29 heavy (non-hydrogen) atoms. The molecule has 1 saturated heterocycles. The third-order valence-corrected chi connectivity index (χ3v) is 4.50. The van der Waals surface area contributed by atoms with Crippen LogP contribution in [0.1, 0.15) is 26.2 Å². The summed E-state index contributed by atoms with van der Waals surface area (Å²) in [6, 6.07) is 4.12. The quantitative estimate of drug-likeness (QED) is 0.596. The number of hydrogen-bond donors (Lipinski definition) is 3. The number of likely N-dealkylation sites (tertiary alicyclic amines) is 1. The number of halogens is 3. The summed E-state index contributed by atoms with van der Waals surface area (Å²) in [4.78, 5) is 6.59. The average Bonchev–Trinajstić information content (AvgIpc) is 3.12. The molecule has 0 aliphatic carbocycles. The molecule has 160 valence electrons. The van der Waals surface area contributed by atoms with Crippen LogP contribution in [0.15, 0.2) is 35.5 Å². The predicted molar refractivity (Wildman–Crippen MR) is 105 cm³/mol. The molecular formula is C19H26F3N5O2. The van der Waals surface area contributed by atoms with Crippen LogP contribution in [-0.4, -0.2) is 49.1 Å². The van der Waals surface area contributed by atoms with Crippen LogP contribution < -0.4 is 25.8 Å². The van der Waals surface area contributed by atoms with Crippen molar-refractivity contribution >= 4 is 11.6 Å². The molecule has 2 aliphatic rings. The highest BCUT2D eigenvalue weighted by molar-refractivity contribution is 5.95. The predicted octanol–water partition coefficient (Wildman–Crippen LogP) is 3.01. The number of aliphatic imine (C=N–C) groups is 1. The van der Waals surface area contributed by atoms with E-state index in [1.807, 2.05) is 0 Å². The Hall–Kier alpha value is -2.46. The normalized spacial score (nSPS) is 22.2. The summed E-state index contributed by atoms with van der Waals surface area (Å²) in [5.74, 6) is 0.00417. The summed E-state index contributed by atoms with van der Waals surface area (Å²) in [6.45, 7) is 4.99. The first-order valence-corrected chi connectivity index (χ1v) is 9.55. The molecule has 1 unspecified atom stereocenters. The summed E-state index contributed by atoms with van der Waals surface area (Å²) in [5.41, 5.74) is 5.57. The number of nitrogens with zero attached hydrogens (tertiary/aromatic N) is 2. The molecule has 2 aliphatic heterocycles. The van der Waals surface area contributed by atoms with Crippen LogP contribution in [0.5, 0.6) is 11.5 Å².